The number of halogens is 1. The van der Waals surface area contributed by atoms with Crippen LogP contribution in [0.25, 0.3) is 0 Å². The lowest BCUT2D eigenvalue weighted by Crippen LogP contribution is -2.19. The molecule has 0 aromatic heterocycles. The Morgan fingerprint density at radius 3 is 1.72 bits per heavy atom. The van der Waals surface area contributed by atoms with Gasteiger partial charge in [0.25, 0.3) is 0 Å². The van der Waals surface area contributed by atoms with Crippen LogP contribution in [0.3, 0.4) is 0 Å². The van der Waals surface area contributed by atoms with Gasteiger partial charge in [0.2, 0.25) is 0 Å². The number of rotatable bonds is 20. The van der Waals surface area contributed by atoms with Crippen LogP contribution in [0.1, 0.15) is 152 Å². The van der Waals surface area contributed by atoms with E-state index in [1.54, 1.807) is 30.3 Å². The Hall–Kier alpha value is -1.84. The van der Waals surface area contributed by atoms with Gasteiger partial charge in [-0.15, -0.1) is 0 Å². The SMILES string of the molecule is CCCCCCCCCCCCCCCCCC(O)c1ccc(Oc2ccc(C(=O)C(C)(C)C)cc2)c(Cl)c1. The number of hydrogen-bond acceptors (Lipinski definition) is 3. The number of ketones is 1. The van der Waals surface area contributed by atoms with Crippen molar-refractivity contribution in [3.63, 3.8) is 0 Å². The normalized spacial score (nSPS) is 12.5. The van der Waals surface area contributed by atoms with Crippen molar-refractivity contribution in [1.29, 1.82) is 0 Å². The molecule has 0 saturated carbocycles. The first-order chi connectivity index (χ1) is 18.7. The summed E-state index contributed by atoms with van der Waals surface area (Å²) in [5.74, 6) is 1.25. The zero-order valence-corrected chi connectivity index (χ0v) is 25.8. The highest BCUT2D eigenvalue weighted by Gasteiger charge is 2.22. The fraction of sp³-hybridized carbons (Fsp3) is 0.629. The summed E-state index contributed by atoms with van der Waals surface area (Å²) in [7, 11) is 0. The van der Waals surface area contributed by atoms with E-state index >= 15 is 0 Å². The van der Waals surface area contributed by atoms with E-state index in [9.17, 15) is 9.90 Å². The molecule has 1 atom stereocenters. The predicted molar refractivity (Wildman–Crippen MR) is 166 cm³/mol. The van der Waals surface area contributed by atoms with Crippen LogP contribution >= 0.6 is 11.6 Å². The smallest absolute Gasteiger partial charge is 0.168 e. The first kappa shape index (κ1) is 33.4. The second-order valence-electron chi connectivity index (χ2n) is 12.1. The molecule has 218 valence electrons. The molecule has 0 aliphatic carbocycles. The number of unbranched alkanes of at least 4 members (excludes halogenated alkanes) is 14. The third-order valence-corrected chi connectivity index (χ3v) is 7.74. The molecular weight excluding hydrogens is 504 g/mol. The molecule has 3 nitrogen and oxygen atoms in total. The summed E-state index contributed by atoms with van der Waals surface area (Å²) in [6, 6.07) is 12.6. The summed E-state index contributed by atoms with van der Waals surface area (Å²) in [5.41, 5.74) is 1.07. The number of ether oxygens (including phenoxy) is 1. The fourth-order valence-corrected chi connectivity index (χ4v) is 5.14. The predicted octanol–water partition coefficient (Wildman–Crippen LogP) is 11.7. The van der Waals surface area contributed by atoms with Crippen molar-refractivity contribution in [1.82, 2.24) is 0 Å². The fourth-order valence-electron chi connectivity index (χ4n) is 4.92. The zero-order valence-electron chi connectivity index (χ0n) is 25.1. The van der Waals surface area contributed by atoms with Crippen LogP contribution in [0.4, 0.5) is 0 Å². The van der Waals surface area contributed by atoms with Gasteiger partial charge in [0.1, 0.15) is 11.5 Å². The number of Topliss-reactive ketones (excluding diaryl/α,β-unsaturated/α-hetero) is 1. The summed E-state index contributed by atoms with van der Waals surface area (Å²) in [5, 5.41) is 11.1. The molecular formula is C35H53ClO3. The largest absolute Gasteiger partial charge is 0.456 e. The van der Waals surface area contributed by atoms with Crippen molar-refractivity contribution in [2.45, 2.75) is 137 Å². The van der Waals surface area contributed by atoms with Gasteiger partial charge in [0.05, 0.1) is 11.1 Å². The molecule has 0 aliphatic rings. The number of hydrogen-bond donors (Lipinski definition) is 1. The van der Waals surface area contributed by atoms with Gasteiger partial charge < -0.3 is 9.84 Å². The van der Waals surface area contributed by atoms with Crippen molar-refractivity contribution in [3.8, 4) is 11.5 Å². The summed E-state index contributed by atoms with van der Waals surface area (Å²) >= 11 is 6.47. The average molecular weight is 557 g/mol. The van der Waals surface area contributed by atoms with Gasteiger partial charge in [-0.3, -0.25) is 4.79 Å². The molecule has 0 spiro atoms. The minimum Gasteiger partial charge on any atom is -0.456 e. The summed E-state index contributed by atoms with van der Waals surface area (Å²) in [6.45, 7) is 8.01. The molecule has 4 heteroatoms. The number of aliphatic hydroxyl groups excluding tert-OH is 1. The van der Waals surface area contributed by atoms with E-state index in [-0.39, 0.29) is 5.78 Å². The van der Waals surface area contributed by atoms with Crippen LogP contribution in [0.15, 0.2) is 42.5 Å². The van der Waals surface area contributed by atoms with Crippen molar-refractivity contribution < 1.29 is 14.6 Å². The van der Waals surface area contributed by atoms with Crippen molar-refractivity contribution in [3.05, 3.63) is 58.6 Å². The molecule has 1 unspecified atom stereocenters. The molecule has 0 aliphatic heterocycles. The number of benzene rings is 2. The van der Waals surface area contributed by atoms with Crippen LogP contribution in [-0.2, 0) is 0 Å². The second-order valence-corrected chi connectivity index (χ2v) is 12.6. The first-order valence-electron chi connectivity index (χ1n) is 15.5. The second kappa shape index (κ2) is 18.5. The Morgan fingerprint density at radius 2 is 1.26 bits per heavy atom. The highest BCUT2D eigenvalue weighted by Crippen LogP contribution is 2.33. The van der Waals surface area contributed by atoms with Gasteiger partial charge in [-0.1, -0.05) is 142 Å². The molecule has 0 heterocycles. The highest BCUT2D eigenvalue weighted by atomic mass is 35.5. The van der Waals surface area contributed by atoms with E-state index in [1.165, 1.54) is 83.5 Å². The van der Waals surface area contributed by atoms with Crippen molar-refractivity contribution in [2.24, 2.45) is 5.41 Å². The van der Waals surface area contributed by atoms with Gasteiger partial charge in [-0.25, -0.2) is 0 Å². The van der Waals surface area contributed by atoms with Crippen LogP contribution in [0.5, 0.6) is 11.5 Å². The molecule has 39 heavy (non-hydrogen) atoms. The molecule has 2 aromatic carbocycles. The minimum absolute atomic E-state index is 0.0968. The Labute approximate surface area is 243 Å². The Balaban J connectivity index is 1.60. The number of aliphatic hydroxyl groups is 1. The third-order valence-electron chi connectivity index (χ3n) is 7.45. The topological polar surface area (TPSA) is 46.5 Å². The van der Waals surface area contributed by atoms with Gasteiger partial charge in [-0.2, -0.15) is 0 Å². The maximum Gasteiger partial charge on any atom is 0.168 e. The van der Waals surface area contributed by atoms with E-state index in [0.29, 0.717) is 22.1 Å². The number of carbonyl (C=O) groups excluding carboxylic acids is 1. The molecule has 2 rings (SSSR count). The van der Waals surface area contributed by atoms with E-state index in [0.717, 1.165) is 24.8 Å². The maximum atomic E-state index is 12.4. The maximum absolute atomic E-state index is 12.4. The first-order valence-corrected chi connectivity index (χ1v) is 15.9. The van der Waals surface area contributed by atoms with Gasteiger partial charge in [-0.05, 0) is 48.4 Å². The average Bonchev–Trinajstić information content (AvgIpc) is 2.91. The lowest BCUT2D eigenvalue weighted by Gasteiger charge is -2.17. The quantitative estimate of drug-likeness (QED) is 0.130. The Morgan fingerprint density at radius 1 is 0.769 bits per heavy atom. The molecule has 0 radical (unpaired) electrons. The number of carbonyl (C=O) groups is 1. The molecule has 0 saturated heterocycles. The monoisotopic (exact) mass is 556 g/mol. The standard InChI is InChI=1S/C35H53ClO3/c1-5-6-7-8-9-10-11-12-13-14-15-16-17-18-19-20-32(37)29-23-26-33(31(36)27-29)39-30-24-21-28(22-25-30)34(38)35(2,3)4/h21-27,32,37H,5-20H2,1-4H3. The van der Waals surface area contributed by atoms with E-state index in [1.807, 2.05) is 32.9 Å². The minimum atomic E-state index is -0.513. The van der Waals surface area contributed by atoms with Crippen LogP contribution in [-0.4, -0.2) is 10.9 Å². The lowest BCUT2D eigenvalue weighted by atomic mass is 9.86. The molecule has 2 aromatic rings. The molecule has 1 N–H and O–H groups in total. The summed E-state index contributed by atoms with van der Waals surface area (Å²) < 4.78 is 5.93. The summed E-state index contributed by atoms with van der Waals surface area (Å²) in [6.07, 6.45) is 20.3. The van der Waals surface area contributed by atoms with E-state index < -0.39 is 11.5 Å². The Kier molecular flexibility index (Phi) is 15.8. The van der Waals surface area contributed by atoms with E-state index in [2.05, 4.69) is 6.92 Å². The summed E-state index contributed by atoms with van der Waals surface area (Å²) in [4.78, 5) is 12.4. The third kappa shape index (κ3) is 13.4. The van der Waals surface area contributed by atoms with Gasteiger partial charge >= 0.3 is 0 Å². The molecule has 0 amide bonds. The highest BCUT2D eigenvalue weighted by molar-refractivity contribution is 6.32. The van der Waals surface area contributed by atoms with E-state index in [4.69, 9.17) is 16.3 Å². The zero-order chi connectivity index (χ0) is 28.5. The van der Waals surface area contributed by atoms with Crippen molar-refractivity contribution in [2.75, 3.05) is 0 Å². The van der Waals surface area contributed by atoms with Gasteiger partial charge in [0.15, 0.2) is 5.78 Å². The van der Waals surface area contributed by atoms with Gasteiger partial charge in [0, 0.05) is 11.0 Å². The van der Waals surface area contributed by atoms with Crippen molar-refractivity contribution >= 4 is 17.4 Å². The Bertz CT molecular complexity index is 945. The lowest BCUT2D eigenvalue weighted by molar-refractivity contribution is 0.0858. The van der Waals surface area contributed by atoms with Crippen LogP contribution < -0.4 is 4.74 Å². The molecule has 0 bridgehead atoms. The van der Waals surface area contributed by atoms with Crippen LogP contribution in [0.2, 0.25) is 5.02 Å². The molecule has 0 fully saturated rings. The van der Waals surface area contributed by atoms with Crippen LogP contribution in [0, 0.1) is 5.41 Å².